The number of hydrogen-bond donors (Lipinski definition) is 3. The van der Waals surface area contributed by atoms with Crippen molar-refractivity contribution in [3.05, 3.63) is 71.2 Å². The summed E-state index contributed by atoms with van der Waals surface area (Å²) in [6.07, 6.45) is 2.10. The first kappa shape index (κ1) is 25.0. The van der Waals surface area contributed by atoms with Gasteiger partial charge in [0.05, 0.1) is 47.9 Å². The van der Waals surface area contributed by atoms with Gasteiger partial charge in [-0.1, -0.05) is 32.0 Å². The molecule has 0 aliphatic rings. The second-order valence-corrected chi connectivity index (χ2v) is 8.17. The van der Waals surface area contributed by atoms with E-state index >= 15 is 0 Å². The van der Waals surface area contributed by atoms with Crippen molar-refractivity contribution in [2.24, 2.45) is 15.9 Å². The predicted molar refractivity (Wildman–Crippen MR) is 134 cm³/mol. The van der Waals surface area contributed by atoms with Crippen LogP contribution in [-0.4, -0.2) is 38.0 Å². The van der Waals surface area contributed by atoms with Crippen LogP contribution in [0.3, 0.4) is 0 Å². The summed E-state index contributed by atoms with van der Waals surface area (Å²) in [5, 5.41) is 22.2. The Hall–Kier alpha value is -4.65. The number of carboxylic acid groups (broad SMARTS) is 1. The van der Waals surface area contributed by atoms with Crippen LogP contribution in [0.15, 0.2) is 58.6 Å². The highest BCUT2D eigenvalue weighted by molar-refractivity contribution is 6.37. The zero-order chi connectivity index (χ0) is 25.4. The van der Waals surface area contributed by atoms with Crippen LogP contribution in [0.4, 0.5) is 5.95 Å². The number of hydrazone groups is 1. The zero-order valence-electron chi connectivity index (χ0n) is 19.5. The highest BCUT2D eigenvalue weighted by Crippen LogP contribution is 2.30. The minimum Gasteiger partial charge on any atom is -0.481 e. The number of rotatable bonds is 9. The first-order valence-corrected chi connectivity index (χ1v) is 10.9. The minimum atomic E-state index is -0.869. The Kier molecular flexibility index (Phi) is 7.84. The number of anilines is 1. The van der Waals surface area contributed by atoms with Gasteiger partial charge in [0, 0.05) is 16.7 Å². The number of carboxylic acids is 1. The molecule has 10 nitrogen and oxygen atoms in total. The van der Waals surface area contributed by atoms with E-state index in [9.17, 15) is 9.90 Å². The van der Waals surface area contributed by atoms with E-state index in [1.807, 2.05) is 38.1 Å². The molecular formula is C25H26N8O2. The average molecular weight is 471 g/mol. The number of benzene rings is 1. The number of nitrogens with two attached hydrogens (primary N) is 2. The molecule has 0 saturated carbocycles. The Morgan fingerprint density at radius 1 is 1.20 bits per heavy atom. The number of aliphatic imine (C=N–C) groups is 1. The van der Waals surface area contributed by atoms with Crippen molar-refractivity contribution in [2.75, 3.05) is 5.73 Å². The topological polar surface area (TPSA) is 177 Å². The van der Waals surface area contributed by atoms with E-state index < -0.39 is 11.4 Å². The molecule has 1 aromatic carbocycles. The fourth-order valence-electron chi connectivity index (χ4n) is 3.52. The second-order valence-electron chi connectivity index (χ2n) is 8.17. The number of nitrogens with zero attached hydrogens (tertiary/aromatic N) is 6. The molecule has 0 amide bonds. The molecule has 0 bridgehead atoms. The van der Waals surface area contributed by atoms with Crippen LogP contribution in [0.25, 0.3) is 11.3 Å². The van der Waals surface area contributed by atoms with Crippen molar-refractivity contribution < 1.29 is 9.90 Å². The molecule has 3 aromatic rings. The van der Waals surface area contributed by atoms with Crippen molar-refractivity contribution in [2.45, 2.75) is 38.6 Å². The number of nitrogen functional groups attached to an aromatic ring is 1. The molecule has 2 aromatic heterocycles. The molecule has 0 saturated heterocycles. The van der Waals surface area contributed by atoms with E-state index in [0.29, 0.717) is 40.3 Å². The lowest BCUT2D eigenvalue weighted by Crippen LogP contribution is -2.26. The highest BCUT2D eigenvalue weighted by atomic mass is 16.4. The lowest BCUT2D eigenvalue weighted by Gasteiger charge is -2.26. The number of aliphatic carboxylic acids is 1. The standard InChI is InChI=1S/C25H26N8O2/c1-3-25(2,12-23(34)35)22-9-5-8-18(30-22)14-29-15-21(33-28)20-11-19(31-24(27)32-20)17-7-4-6-16(10-17)13-26/h4-11,15H,3,12,14,28H2,1-2H3,(H,34,35)(H2,27,31,32). The molecule has 5 N–H and O–H groups in total. The number of pyridine rings is 1. The fraction of sp³-hybridized carbons (Fsp3) is 0.240. The van der Waals surface area contributed by atoms with Gasteiger partial charge in [-0.2, -0.15) is 10.4 Å². The van der Waals surface area contributed by atoms with E-state index in [1.54, 1.807) is 24.3 Å². The Morgan fingerprint density at radius 3 is 2.66 bits per heavy atom. The summed E-state index contributed by atoms with van der Waals surface area (Å²) in [6, 6.07) is 16.2. The summed E-state index contributed by atoms with van der Waals surface area (Å²) in [6.45, 7) is 4.06. The van der Waals surface area contributed by atoms with Gasteiger partial charge in [-0.3, -0.25) is 14.8 Å². The van der Waals surface area contributed by atoms with Gasteiger partial charge in [0.2, 0.25) is 5.95 Å². The maximum absolute atomic E-state index is 11.3. The molecule has 3 rings (SSSR count). The molecule has 0 aliphatic carbocycles. The van der Waals surface area contributed by atoms with Crippen molar-refractivity contribution in [1.82, 2.24) is 15.0 Å². The lowest BCUT2D eigenvalue weighted by atomic mass is 9.80. The van der Waals surface area contributed by atoms with Gasteiger partial charge in [-0.25, -0.2) is 9.97 Å². The third-order valence-corrected chi connectivity index (χ3v) is 5.65. The van der Waals surface area contributed by atoms with Crippen LogP contribution in [0.1, 0.15) is 49.3 Å². The zero-order valence-corrected chi connectivity index (χ0v) is 19.5. The lowest BCUT2D eigenvalue weighted by molar-refractivity contribution is -0.138. The average Bonchev–Trinajstić information content (AvgIpc) is 2.86. The maximum atomic E-state index is 11.3. The first-order valence-electron chi connectivity index (χ1n) is 10.9. The Balaban J connectivity index is 1.83. The summed E-state index contributed by atoms with van der Waals surface area (Å²) in [7, 11) is 0. The Bertz CT molecular complexity index is 1330. The van der Waals surface area contributed by atoms with Gasteiger partial charge < -0.3 is 16.7 Å². The second kappa shape index (κ2) is 11.0. The van der Waals surface area contributed by atoms with Crippen molar-refractivity contribution in [3.8, 4) is 17.3 Å². The van der Waals surface area contributed by atoms with Gasteiger partial charge in [0.1, 0.15) is 5.71 Å². The van der Waals surface area contributed by atoms with Crippen LogP contribution in [0.5, 0.6) is 0 Å². The molecule has 0 aliphatic heterocycles. The van der Waals surface area contributed by atoms with Gasteiger partial charge in [0.15, 0.2) is 0 Å². The molecule has 35 heavy (non-hydrogen) atoms. The predicted octanol–water partition coefficient (Wildman–Crippen LogP) is 3.07. The summed E-state index contributed by atoms with van der Waals surface area (Å²) in [4.78, 5) is 28.8. The third-order valence-electron chi connectivity index (χ3n) is 5.65. The normalized spacial score (nSPS) is 13.3. The molecule has 10 heteroatoms. The summed E-state index contributed by atoms with van der Waals surface area (Å²) < 4.78 is 0. The van der Waals surface area contributed by atoms with Gasteiger partial charge in [-0.05, 0) is 36.8 Å². The van der Waals surface area contributed by atoms with E-state index in [2.05, 4.69) is 31.1 Å². The molecule has 0 radical (unpaired) electrons. The van der Waals surface area contributed by atoms with Gasteiger partial charge in [-0.15, -0.1) is 0 Å². The fourth-order valence-corrected chi connectivity index (χ4v) is 3.52. The van der Waals surface area contributed by atoms with Crippen LogP contribution in [0.2, 0.25) is 0 Å². The van der Waals surface area contributed by atoms with Crippen LogP contribution >= 0.6 is 0 Å². The molecule has 1 unspecified atom stereocenters. The van der Waals surface area contributed by atoms with E-state index in [0.717, 1.165) is 0 Å². The molecule has 0 fully saturated rings. The Morgan fingerprint density at radius 2 is 1.97 bits per heavy atom. The number of carbonyl (C=O) groups is 1. The van der Waals surface area contributed by atoms with Crippen molar-refractivity contribution in [3.63, 3.8) is 0 Å². The monoisotopic (exact) mass is 470 g/mol. The van der Waals surface area contributed by atoms with Crippen LogP contribution in [0, 0.1) is 11.3 Å². The Labute approximate surface area is 203 Å². The minimum absolute atomic E-state index is 0.0120. The number of nitriles is 1. The molecule has 0 spiro atoms. The van der Waals surface area contributed by atoms with Crippen molar-refractivity contribution >= 4 is 23.8 Å². The smallest absolute Gasteiger partial charge is 0.304 e. The number of aromatic nitrogens is 3. The van der Waals surface area contributed by atoms with Gasteiger partial charge >= 0.3 is 5.97 Å². The highest BCUT2D eigenvalue weighted by Gasteiger charge is 2.29. The molecule has 2 heterocycles. The van der Waals surface area contributed by atoms with Crippen LogP contribution in [-0.2, 0) is 16.8 Å². The summed E-state index contributed by atoms with van der Waals surface area (Å²) in [5.41, 5.74) is 9.09. The molecule has 178 valence electrons. The van der Waals surface area contributed by atoms with Crippen molar-refractivity contribution in [1.29, 1.82) is 5.26 Å². The molecular weight excluding hydrogens is 444 g/mol. The van der Waals surface area contributed by atoms with E-state index in [-0.39, 0.29) is 24.6 Å². The summed E-state index contributed by atoms with van der Waals surface area (Å²) >= 11 is 0. The van der Waals surface area contributed by atoms with Crippen LogP contribution < -0.4 is 11.6 Å². The van der Waals surface area contributed by atoms with E-state index in [1.165, 1.54) is 6.21 Å². The number of hydrogen-bond acceptors (Lipinski definition) is 9. The maximum Gasteiger partial charge on any atom is 0.304 e. The molecule has 1 atom stereocenters. The largest absolute Gasteiger partial charge is 0.481 e. The SMILES string of the molecule is CCC(C)(CC(=O)O)c1cccc(CN=CC(=NN)c2cc(-c3cccc(C#N)c3)nc(N)n2)n1. The first-order chi connectivity index (χ1) is 16.8. The quantitative estimate of drug-likeness (QED) is 0.243. The van der Waals surface area contributed by atoms with E-state index in [4.69, 9.17) is 16.8 Å². The summed E-state index contributed by atoms with van der Waals surface area (Å²) in [5.74, 6) is 4.76. The van der Waals surface area contributed by atoms with Gasteiger partial charge in [0.25, 0.3) is 0 Å². The third kappa shape index (κ3) is 6.23.